The Morgan fingerprint density at radius 1 is 0.607 bits per heavy atom. The fourth-order valence-electron chi connectivity index (χ4n) is 8.98. The zero-order valence-corrected chi connectivity index (χ0v) is 30.8. The highest BCUT2D eigenvalue weighted by atomic mass is 16.5. The van der Waals surface area contributed by atoms with Crippen LogP contribution in [0.5, 0.6) is 5.75 Å². The maximum Gasteiger partial charge on any atom is 0.164 e. The number of para-hydroxylation sites is 1. The summed E-state index contributed by atoms with van der Waals surface area (Å²) in [6.07, 6.45) is 21.7. The maximum atomic E-state index is 6.99. The van der Waals surface area contributed by atoms with Crippen LogP contribution in [0, 0.1) is 5.92 Å². The third kappa shape index (κ3) is 5.50. The summed E-state index contributed by atoms with van der Waals surface area (Å²) in [6, 6.07) is 44.1. The van der Waals surface area contributed by atoms with E-state index in [2.05, 4.69) is 120 Å². The molecule has 4 aliphatic rings. The molecule has 0 saturated carbocycles. The Morgan fingerprint density at radius 2 is 1.29 bits per heavy atom. The van der Waals surface area contributed by atoms with E-state index in [4.69, 9.17) is 19.7 Å². The minimum absolute atomic E-state index is 0.00997. The molecule has 2 aromatic heterocycles. The molecule has 5 nitrogen and oxygen atoms in total. The van der Waals surface area contributed by atoms with Gasteiger partial charge in [-0.1, -0.05) is 164 Å². The Kier molecular flexibility index (Phi) is 7.83. The first-order valence-corrected chi connectivity index (χ1v) is 19.6. The van der Waals surface area contributed by atoms with Crippen molar-refractivity contribution in [1.82, 2.24) is 19.5 Å². The van der Waals surface area contributed by atoms with Gasteiger partial charge >= 0.3 is 0 Å². The van der Waals surface area contributed by atoms with Gasteiger partial charge in [0.05, 0.1) is 6.04 Å². The Hall–Kier alpha value is -6.85. The van der Waals surface area contributed by atoms with Crippen LogP contribution >= 0.6 is 0 Å². The van der Waals surface area contributed by atoms with Crippen LogP contribution < -0.4 is 4.74 Å². The molecule has 0 bridgehead atoms. The van der Waals surface area contributed by atoms with Crippen LogP contribution in [0.1, 0.15) is 35.7 Å². The van der Waals surface area contributed by atoms with Crippen molar-refractivity contribution in [3.8, 4) is 51.0 Å². The van der Waals surface area contributed by atoms with Crippen LogP contribution in [0.2, 0.25) is 0 Å². The number of allylic oxidation sites excluding steroid dienone is 7. The van der Waals surface area contributed by atoms with Gasteiger partial charge < -0.3 is 9.30 Å². The van der Waals surface area contributed by atoms with Gasteiger partial charge in [0.2, 0.25) is 0 Å². The summed E-state index contributed by atoms with van der Waals surface area (Å²) in [5.41, 5.74) is 12.9. The van der Waals surface area contributed by atoms with Crippen molar-refractivity contribution < 1.29 is 4.74 Å². The molecule has 5 aromatic carbocycles. The third-order valence-electron chi connectivity index (χ3n) is 11.6. The van der Waals surface area contributed by atoms with Gasteiger partial charge in [-0.2, -0.15) is 0 Å². The van der Waals surface area contributed by atoms with Crippen molar-refractivity contribution in [2.45, 2.75) is 31.4 Å². The third-order valence-corrected chi connectivity index (χ3v) is 11.6. The molecule has 56 heavy (non-hydrogen) atoms. The number of benzene rings is 5. The number of fused-ring (bicyclic) bond motifs is 6. The van der Waals surface area contributed by atoms with Gasteiger partial charge in [-0.15, -0.1) is 0 Å². The van der Waals surface area contributed by atoms with E-state index in [1.54, 1.807) is 0 Å². The molecule has 268 valence electrons. The summed E-state index contributed by atoms with van der Waals surface area (Å²) in [7, 11) is 0. The summed E-state index contributed by atoms with van der Waals surface area (Å²) < 4.78 is 9.56. The number of hydrogen-bond donors (Lipinski definition) is 0. The first-order valence-electron chi connectivity index (χ1n) is 19.6. The molecule has 3 unspecified atom stereocenters. The van der Waals surface area contributed by atoms with E-state index in [1.165, 1.54) is 33.3 Å². The lowest BCUT2D eigenvalue weighted by atomic mass is 9.85. The molecular formula is C51H38N4O. The van der Waals surface area contributed by atoms with E-state index < -0.39 is 0 Å². The van der Waals surface area contributed by atoms with Gasteiger partial charge in [0.15, 0.2) is 17.5 Å². The first kappa shape index (κ1) is 32.6. The molecule has 0 fully saturated rings. The van der Waals surface area contributed by atoms with Crippen LogP contribution in [0.25, 0.3) is 67.8 Å². The van der Waals surface area contributed by atoms with Crippen molar-refractivity contribution in [3.63, 3.8) is 0 Å². The minimum Gasteiger partial charge on any atom is -0.483 e. The van der Waals surface area contributed by atoms with Gasteiger partial charge in [0, 0.05) is 55.9 Å². The second-order valence-corrected chi connectivity index (χ2v) is 14.9. The Labute approximate surface area is 326 Å². The lowest BCUT2D eigenvalue weighted by molar-refractivity contribution is 0.228. The molecule has 0 N–H and O–H groups in total. The summed E-state index contributed by atoms with van der Waals surface area (Å²) in [5, 5.41) is 1.30. The van der Waals surface area contributed by atoms with E-state index >= 15 is 0 Å². The van der Waals surface area contributed by atoms with Gasteiger partial charge in [-0.25, -0.2) is 15.0 Å². The van der Waals surface area contributed by atoms with E-state index in [0.29, 0.717) is 23.4 Å². The van der Waals surface area contributed by atoms with Gasteiger partial charge in [0.1, 0.15) is 11.9 Å². The molecule has 3 aliphatic carbocycles. The highest BCUT2D eigenvalue weighted by Gasteiger charge is 2.40. The molecule has 11 rings (SSSR count). The van der Waals surface area contributed by atoms with Crippen LogP contribution in [0.15, 0.2) is 175 Å². The van der Waals surface area contributed by atoms with Crippen molar-refractivity contribution >= 4 is 22.6 Å². The van der Waals surface area contributed by atoms with Crippen molar-refractivity contribution in [2.24, 2.45) is 5.92 Å². The predicted molar refractivity (Wildman–Crippen MR) is 227 cm³/mol. The molecule has 0 spiro atoms. The largest absolute Gasteiger partial charge is 0.483 e. The van der Waals surface area contributed by atoms with Crippen LogP contribution in [-0.2, 0) is 6.42 Å². The summed E-state index contributed by atoms with van der Waals surface area (Å²) in [6.45, 7) is 0. The van der Waals surface area contributed by atoms with E-state index in [1.807, 2.05) is 60.7 Å². The Balaban J connectivity index is 0.947. The monoisotopic (exact) mass is 722 g/mol. The number of rotatable bonds is 6. The SMILES string of the molecule is C1=CC(n2c3c(c4ccccc42)C=CC(C2=CCCC=C2)C3)C2Oc3cccc(-c4ccc(-c5nc(-c6ccccc6)nc(-c6ccccc6)n5)cc4)c3C2=C1. The average molecular weight is 723 g/mol. The van der Waals surface area contributed by atoms with Gasteiger partial charge in [-0.3, -0.25) is 0 Å². The number of nitrogens with zero attached hydrogens (tertiary/aromatic N) is 4. The van der Waals surface area contributed by atoms with Crippen LogP contribution in [-0.4, -0.2) is 25.6 Å². The minimum atomic E-state index is -0.147. The van der Waals surface area contributed by atoms with Crippen molar-refractivity contribution in [1.29, 1.82) is 0 Å². The number of ether oxygens (including phenoxy) is 1. The number of aromatic nitrogens is 4. The van der Waals surface area contributed by atoms with Crippen LogP contribution in [0.4, 0.5) is 0 Å². The molecule has 5 heteroatoms. The fraction of sp³-hybridized carbons (Fsp3) is 0.118. The van der Waals surface area contributed by atoms with E-state index in [9.17, 15) is 0 Å². The van der Waals surface area contributed by atoms with Gasteiger partial charge in [0.25, 0.3) is 0 Å². The molecule has 0 saturated heterocycles. The molecule has 3 heterocycles. The second-order valence-electron chi connectivity index (χ2n) is 14.9. The Bertz CT molecular complexity index is 2750. The normalized spacial score (nSPS) is 19.2. The molecule has 3 atom stereocenters. The molecule has 0 amide bonds. The van der Waals surface area contributed by atoms with Crippen LogP contribution in [0.3, 0.4) is 0 Å². The molecule has 0 radical (unpaired) electrons. The zero-order chi connectivity index (χ0) is 37.0. The van der Waals surface area contributed by atoms with Gasteiger partial charge in [-0.05, 0) is 48.1 Å². The highest BCUT2D eigenvalue weighted by Crippen LogP contribution is 2.50. The average Bonchev–Trinajstić information content (AvgIpc) is 3.83. The fourth-order valence-corrected chi connectivity index (χ4v) is 8.98. The topological polar surface area (TPSA) is 52.8 Å². The highest BCUT2D eigenvalue weighted by molar-refractivity contribution is 5.94. The molecular weight excluding hydrogens is 685 g/mol. The maximum absolute atomic E-state index is 6.99. The summed E-state index contributed by atoms with van der Waals surface area (Å²) in [4.78, 5) is 14.8. The lowest BCUT2D eigenvalue weighted by Gasteiger charge is -2.30. The number of hydrogen-bond acceptors (Lipinski definition) is 4. The second kappa shape index (κ2) is 13.5. The van der Waals surface area contributed by atoms with E-state index in [0.717, 1.165) is 58.4 Å². The summed E-state index contributed by atoms with van der Waals surface area (Å²) in [5.74, 6) is 3.24. The first-order chi connectivity index (χ1) is 27.8. The molecule has 7 aromatic rings. The lowest BCUT2D eigenvalue weighted by Crippen LogP contribution is -2.29. The summed E-state index contributed by atoms with van der Waals surface area (Å²) >= 11 is 0. The quantitative estimate of drug-likeness (QED) is 0.171. The standard InChI is InChI=1S/C51H38N4O/c1-4-14-33(15-5-1)38-30-31-41-40-20-10-11-23-43(40)55(45(41)32-38)44-24-12-22-42-47-39(21-13-25-46(47)56-48(42)44)34-26-28-37(29-27-34)51-53-49(35-16-6-2-7-17-35)52-50(54-51)36-18-8-3-9-19-36/h2-4,6-31,38,44,48H,1,5,32H2. The zero-order valence-electron chi connectivity index (χ0n) is 30.8. The predicted octanol–water partition coefficient (Wildman–Crippen LogP) is 11.9. The Morgan fingerprint density at radius 3 is 2.00 bits per heavy atom. The van der Waals surface area contributed by atoms with E-state index in [-0.39, 0.29) is 12.1 Å². The smallest absolute Gasteiger partial charge is 0.164 e. The van der Waals surface area contributed by atoms with Crippen molar-refractivity contribution in [3.05, 3.63) is 192 Å². The molecule has 1 aliphatic heterocycles. The van der Waals surface area contributed by atoms with Crippen molar-refractivity contribution in [2.75, 3.05) is 0 Å².